The number of nitro benzene ring substituents is 1. The summed E-state index contributed by atoms with van der Waals surface area (Å²) in [6.45, 7) is 1.43. The minimum absolute atomic E-state index is 0.0373. The molecule has 2 rings (SSSR count). The minimum Gasteiger partial charge on any atom is -0.493 e. The second-order valence-corrected chi connectivity index (χ2v) is 7.74. The lowest BCUT2D eigenvalue weighted by Crippen LogP contribution is -2.27. The van der Waals surface area contributed by atoms with Gasteiger partial charge in [0.25, 0.3) is 5.69 Å². The fourth-order valence-electron chi connectivity index (χ4n) is 2.47. The van der Waals surface area contributed by atoms with Gasteiger partial charge in [-0.25, -0.2) is 13.1 Å². The van der Waals surface area contributed by atoms with Gasteiger partial charge >= 0.3 is 0 Å². The Labute approximate surface area is 168 Å². The highest BCUT2D eigenvalue weighted by Gasteiger charge is 2.18. The van der Waals surface area contributed by atoms with Gasteiger partial charge in [0, 0.05) is 36.3 Å². The Balaban J connectivity index is 1.97. The SMILES string of the molecule is COc1ccc(S(=O)(=O)NCCC(=O)Nc2ccc(C)c([N+](=O)[O-])c2)cc1OC. The number of rotatable bonds is 9. The number of carbonyl (C=O) groups is 1. The van der Waals surface area contributed by atoms with Crippen molar-refractivity contribution in [1.29, 1.82) is 0 Å². The second kappa shape index (κ2) is 9.34. The Bertz CT molecular complexity index is 1020. The van der Waals surface area contributed by atoms with Gasteiger partial charge in [0.1, 0.15) is 0 Å². The average molecular weight is 423 g/mol. The monoisotopic (exact) mass is 423 g/mol. The zero-order valence-corrected chi connectivity index (χ0v) is 16.9. The van der Waals surface area contributed by atoms with E-state index in [4.69, 9.17) is 9.47 Å². The van der Waals surface area contributed by atoms with Crippen LogP contribution < -0.4 is 19.5 Å². The molecule has 156 valence electrons. The number of nitrogens with zero attached hydrogens (tertiary/aromatic N) is 1. The van der Waals surface area contributed by atoms with Crippen molar-refractivity contribution in [2.75, 3.05) is 26.1 Å². The van der Waals surface area contributed by atoms with Crippen LogP contribution in [0.2, 0.25) is 0 Å². The van der Waals surface area contributed by atoms with Crippen LogP contribution in [0.25, 0.3) is 0 Å². The van der Waals surface area contributed by atoms with Gasteiger partial charge in [-0.2, -0.15) is 0 Å². The molecule has 29 heavy (non-hydrogen) atoms. The molecule has 0 aromatic heterocycles. The number of sulfonamides is 1. The van der Waals surface area contributed by atoms with Gasteiger partial charge in [0.15, 0.2) is 11.5 Å². The van der Waals surface area contributed by atoms with E-state index in [2.05, 4.69) is 10.0 Å². The third-order valence-electron chi connectivity index (χ3n) is 4.00. The first-order chi connectivity index (χ1) is 13.7. The van der Waals surface area contributed by atoms with Crippen molar-refractivity contribution >= 4 is 27.3 Å². The highest BCUT2D eigenvalue weighted by atomic mass is 32.2. The van der Waals surface area contributed by atoms with Crippen LogP contribution >= 0.6 is 0 Å². The van der Waals surface area contributed by atoms with E-state index < -0.39 is 20.9 Å². The number of hydrogen-bond donors (Lipinski definition) is 2. The Kier molecular flexibility index (Phi) is 7.13. The highest BCUT2D eigenvalue weighted by molar-refractivity contribution is 7.89. The van der Waals surface area contributed by atoms with Gasteiger partial charge in [-0.3, -0.25) is 14.9 Å². The molecule has 10 nitrogen and oxygen atoms in total. The molecule has 0 aliphatic heterocycles. The summed E-state index contributed by atoms with van der Waals surface area (Å²) in [6, 6.07) is 8.44. The van der Waals surface area contributed by atoms with E-state index in [0.717, 1.165) is 0 Å². The predicted octanol–water partition coefficient (Wildman–Crippen LogP) is 2.23. The van der Waals surface area contributed by atoms with Crippen LogP contribution in [0, 0.1) is 17.0 Å². The smallest absolute Gasteiger partial charge is 0.274 e. The molecule has 2 N–H and O–H groups in total. The minimum atomic E-state index is -3.86. The quantitative estimate of drug-likeness (QED) is 0.466. The molecular weight excluding hydrogens is 402 g/mol. The van der Waals surface area contributed by atoms with Gasteiger partial charge in [-0.1, -0.05) is 6.07 Å². The number of hydrogen-bond acceptors (Lipinski definition) is 7. The van der Waals surface area contributed by atoms with Crippen molar-refractivity contribution in [3.63, 3.8) is 0 Å². The number of benzene rings is 2. The fraction of sp³-hybridized carbons (Fsp3) is 0.278. The molecule has 0 fully saturated rings. The summed E-state index contributed by atoms with van der Waals surface area (Å²) >= 11 is 0. The van der Waals surface area contributed by atoms with E-state index in [1.165, 1.54) is 50.6 Å². The van der Waals surface area contributed by atoms with Gasteiger partial charge in [-0.15, -0.1) is 0 Å². The molecule has 0 heterocycles. The molecule has 0 aliphatic carbocycles. The summed E-state index contributed by atoms with van der Waals surface area (Å²) in [4.78, 5) is 22.4. The standard InChI is InChI=1S/C18H21N3O7S/c1-12-4-5-13(10-15(12)21(23)24)20-18(22)8-9-19-29(25,26)14-6-7-16(27-2)17(11-14)28-3/h4-7,10-11,19H,8-9H2,1-3H3,(H,20,22). The van der Waals surface area contributed by atoms with Crippen LogP contribution in [0.4, 0.5) is 11.4 Å². The van der Waals surface area contributed by atoms with Gasteiger partial charge in [0.05, 0.1) is 24.0 Å². The van der Waals surface area contributed by atoms with Crippen LogP contribution in [0.15, 0.2) is 41.3 Å². The summed E-state index contributed by atoms with van der Waals surface area (Å²) in [6.07, 6.45) is -0.159. The molecule has 0 bridgehead atoms. The number of nitro groups is 1. The fourth-order valence-corrected chi connectivity index (χ4v) is 3.52. The molecule has 0 saturated heterocycles. The lowest BCUT2D eigenvalue weighted by Gasteiger charge is -2.11. The Morgan fingerprint density at radius 2 is 1.79 bits per heavy atom. The van der Waals surface area contributed by atoms with Crippen LogP contribution in [0.5, 0.6) is 11.5 Å². The largest absolute Gasteiger partial charge is 0.493 e. The summed E-state index contributed by atoms with van der Waals surface area (Å²) in [7, 11) is -1.04. The van der Waals surface area contributed by atoms with Gasteiger partial charge in [0.2, 0.25) is 15.9 Å². The second-order valence-electron chi connectivity index (χ2n) is 5.97. The molecule has 1 amide bonds. The van der Waals surface area contributed by atoms with Crippen LogP contribution in [-0.4, -0.2) is 40.0 Å². The number of aryl methyl sites for hydroxylation is 1. The maximum Gasteiger partial charge on any atom is 0.274 e. The first-order valence-corrected chi connectivity index (χ1v) is 9.93. The van der Waals surface area contributed by atoms with Crippen LogP contribution in [-0.2, 0) is 14.8 Å². The maximum absolute atomic E-state index is 12.4. The van der Waals surface area contributed by atoms with E-state index in [1.807, 2.05) is 0 Å². The first kappa shape index (κ1) is 22.1. The molecule has 0 radical (unpaired) electrons. The van der Waals surface area contributed by atoms with E-state index in [-0.39, 0.29) is 35.0 Å². The number of anilines is 1. The lowest BCUT2D eigenvalue weighted by molar-refractivity contribution is -0.385. The van der Waals surface area contributed by atoms with Gasteiger partial charge in [-0.05, 0) is 25.1 Å². The van der Waals surface area contributed by atoms with Crippen LogP contribution in [0.3, 0.4) is 0 Å². The maximum atomic E-state index is 12.4. The molecule has 2 aromatic rings. The first-order valence-electron chi connectivity index (χ1n) is 8.44. The zero-order chi connectivity index (χ0) is 21.6. The highest BCUT2D eigenvalue weighted by Crippen LogP contribution is 2.29. The Morgan fingerprint density at radius 3 is 2.41 bits per heavy atom. The summed E-state index contributed by atoms with van der Waals surface area (Å²) in [5, 5.41) is 13.5. The summed E-state index contributed by atoms with van der Waals surface area (Å²) < 4.78 is 37.2. The number of carbonyl (C=O) groups excluding carboxylic acids is 1. The topological polar surface area (TPSA) is 137 Å². The number of ether oxygens (including phenoxy) is 2. The third kappa shape index (κ3) is 5.65. The van der Waals surface area contributed by atoms with Crippen molar-refractivity contribution in [1.82, 2.24) is 4.72 Å². The summed E-state index contributed by atoms with van der Waals surface area (Å²) in [5.41, 5.74) is 0.614. The predicted molar refractivity (Wildman–Crippen MR) is 106 cm³/mol. The van der Waals surface area contributed by atoms with E-state index in [1.54, 1.807) is 6.92 Å². The van der Waals surface area contributed by atoms with E-state index >= 15 is 0 Å². The van der Waals surface area contributed by atoms with E-state index in [0.29, 0.717) is 11.3 Å². The Morgan fingerprint density at radius 1 is 1.10 bits per heavy atom. The molecule has 0 atom stereocenters. The number of nitrogens with one attached hydrogen (secondary N) is 2. The number of amides is 1. The Hall–Kier alpha value is -3.18. The molecule has 0 spiro atoms. The molecule has 0 aliphatic rings. The lowest BCUT2D eigenvalue weighted by atomic mass is 10.2. The molecule has 11 heteroatoms. The summed E-state index contributed by atoms with van der Waals surface area (Å²) in [5.74, 6) is 0.158. The third-order valence-corrected chi connectivity index (χ3v) is 5.46. The van der Waals surface area contributed by atoms with Crippen molar-refractivity contribution in [2.24, 2.45) is 0 Å². The van der Waals surface area contributed by atoms with Crippen molar-refractivity contribution in [3.05, 3.63) is 52.1 Å². The van der Waals surface area contributed by atoms with Crippen molar-refractivity contribution < 1.29 is 27.6 Å². The number of methoxy groups -OCH3 is 2. The van der Waals surface area contributed by atoms with Crippen molar-refractivity contribution in [3.8, 4) is 11.5 Å². The molecular formula is C18H21N3O7S. The molecule has 2 aromatic carbocycles. The van der Waals surface area contributed by atoms with Crippen LogP contribution in [0.1, 0.15) is 12.0 Å². The molecule has 0 unspecified atom stereocenters. The van der Waals surface area contributed by atoms with E-state index in [9.17, 15) is 23.3 Å². The molecule has 0 saturated carbocycles. The zero-order valence-electron chi connectivity index (χ0n) is 16.1. The normalized spacial score (nSPS) is 11.0. The van der Waals surface area contributed by atoms with Crippen molar-refractivity contribution in [2.45, 2.75) is 18.2 Å². The van der Waals surface area contributed by atoms with Gasteiger partial charge < -0.3 is 14.8 Å². The average Bonchev–Trinajstić information content (AvgIpc) is 2.68.